The van der Waals surface area contributed by atoms with Crippen LogP contribution < -0.4 is 9.47 Å². The molecule has 166 valence electrons. The van der Waals surface area contributed by atoms with Crippen LogP contribution >= 0.6 is 11.6 Å². The molecular formula is C22H19ClN2O7. The number of carbonyl (C=O) groups excluding carboxylic acids is 2. The summed E-state index contributed by atoms with van der Waals surface area (Å²) in [5.41, 5.74) is 1.28. The molecule has 0 spiro atoms. The smallest absolute Gasteiger partial charge is 0.363 e. The summed E-state index contributed by atoms with van der Waals surface area (Å²) in [5, 5.41) is 11.1. The minimum atomic E-state index is -0.688. The van der Waals surface area contributed by atoms with Gasteiger partial charge in [-0.25, -0.2) is 9.79 Å². The molecule has 0 amide bonds. The molecule has 2 aromatic rings. The Bertz CT molecular complexity index is 1170. The van der Waals surface area contributed by atoms with E-state index in [2.05, 4.69) is 4.99 Å². The van der Waals surface area contributed by atoms with Crippen molar-refractivity contribution in [3.8, 4) is 11.5 Å². The molecule has 0 bridgehead atoms. The van der Waals surface area contributed by atoms with Crippen molar-refractivity contribution in [1.82, 2.24) is 0 Å². The molecule has 0 unspecified atom stereocenters. The molecule has 9 nitrogen and oxygen atoms in total. The number of aryl methyl sites for hydroxylation is 1. The number of cyclic esters (lactones) is 1. The largest absolute Gasteiger partial charge is 0.490 e. The summed E-state index contributed by atoms with van der Waals surface area (Å²) in [5.74, 6) is -0.779. The van der Waals surface area contributed by atoms with Gasteiger partial charge in [0.2, 0.25) is 5.90 Å². The Kier molecular flexibility index (Phi) is 6.89. The zero-order chi connectivity index (χ0) is 23.4. The second-order valence-corrected chi connectivity index (χ2v) is 7.09. The average molecular weight is 459 g/mol. The van der Waals surface area contributed by atoms with Crippen molar-refractivity contribution >= 4 is 41.2 Å². The molecule has 32 heavy (non-hydrogen) atoms. The van der Waals surface area contributed by atoms with E-state index in [0.717, 1.165) is 0 Å². The third-order valence-electron chi connectivity index (χ3n) is 4.40. The summed E-state index contributed by atoms with van der Waals surface area (Å²) in [6.45, 7) is 5.31. The number of halogens is 1. The Morgan fingerprint density at radius 3 is 2.66 bits per heavy atom. The van der Waals surface area contributed by atoms with Crippen molar-refractivity contribution in [2.24, 2.45) is 4.99 Å². The van der Waals surface area contributed by atoms with E-state index in [0.29, 0.717) is 23.3 Å². The average Bonchev–Trinajstić information content (AvgIpc) is 3.10. The van der Waals surface area contributed by atoms with Crippen molar-refractivity contribution in [3.63, 3.8) is 0 Å². The van der Waals surface area contributed by atoms with Gasteiger partial charge in [0.05, 0.1) is 16.6 Å². The van der Waals surface area contributed by atoms with Gasteiger partial charge in [-0.15, -0.1) is 0 Å². The van der Waals surface area contributed by atoms with E-state index in [1.807, 2.05) is 0 Å². The van der Waals surface area contributed by atoms with Gasteiger partial charge in [-0.2, -0.15) is 0 Å². The lowest BCUT2D eigenvalue weighted by Crippen LogP contribution is -2.08. The topological polar surface area (TPSA) is 117 Å². The molecule has 0 saturated heterocycles. The summed E-state index contributed by atoms with van der Waals surface area (Å²) in [6.07, 6.45) is 1.62. The number of rotatable bonds is 7. The number of hydrogen-bond acceptors (Lipinski definition) is 8. The van der Waals surface area contributed by atoms with Gasteiger partial charge < -0.3 is 14.2 Å². The number of benzene rings is 2. The third kappa shape index (κ3) is 4.94. The number of nitro benzene ring substituents is 1. The lowest BCUT2D eigenvalue weighted by atomic mass is 10.1. The van der Waals surface area contributed by atoms with Gasteiger partial charge in [-0.05, 0) is 49.8 Å². The minimum absolute atomic E-state index is 0.00724. The molecule has 1 heterocycles. The molecule has 0 fully saturated rings. The van der Waals surface area contributed by atoms with E-state index in [-0.39, 0.29) is 40.2 Å². The normalized spacial score (nSPS) is 14.2. The van der Waals surface area contributed by atoms with Gasteiger partial charge in [0.15, 0.2) is 17.2 Å². The highest BCUT2D eigenvalue weighted by Crippen LogP contribution is 2.38. The van der Waals surface area contributed by atoms with E-state index in [4.69, 9.17) is 25.8 Å². The van der Waals surface area contributed by atoms with Gasteiger partial charge in [-0.1, -0.05) is 18.5 Å². The highest BCUT2D eigenvalue weighted by Gasteiger charge is 2.26. The maximum Gasteiger partial charge on any atom is 0.363 e. The van der Waals surface area contributed by atoms with Crippen LogP contribution in [0.2, 0.25) is 5.02 Å². The van der Waals surface area contributed by atoms with E-state index in [9.17, 15) is 19.7 Å². The fourth-order valence-corrected chi connectivity index (χ4v) is 3.16. The molecule has 0 aromatic heterocycles. The number of hydrogen-bond donors (Lipinski definition) is 0. The standard InChI is InChI=1S/C22H19ClN2O7/c1-4-19(26)31-20-15(23)9-13(11-18(20)30-5-2)10-16-22(27)32-21(24-16)14-6-7-17(25(28)29)12(3)8-14/h6-11H,4-5H2,1-3H3/b16-10-. The quantitative estimate of drug-likeness (QED) is 0.195. The highest BCUT2D eigenvalue weighted by atomic mass is 35.5. The van der Waals surface area contributed by atoms with E-state index < -0.39 is 16.9 Å². The molecule has 2 aromatic carbocycles. The van der Waals surface area contributed by atoms with Crippen LogP contribution in [0.3, 0.4) is 0 Å². The van der Waals surface area contributed by atoms with Crippen LogP contribution in [0.15, 0.2) is 41.0 Å². The maximum absolute atomic E-state index is 12.3. The molecule has 0 aliphatic carbocycles. The van der Waals surface area contributed by atoms with E-state index in [1.165, 1.54) is 30.3 Å². The first-order valence-corrected chi connectivity index (χ1v) is 10.1. The summed E-state index contributed by atoms with van der Waals surface area (Å²) in [6, 6.07) is 7.38. The molecule has 0 atom stereocenters. The highest BCUT2D eigenvalue weighted by molar-refractivity contribution is 6.32. The predicted octanol–water partition coefficient (Wildman–Crippen LogP) is 4.62. The Morgan fingerprint density at radius 1 is 1.28 bits per heavy atom. The van der Waals surface area contributed by atoms with Crippen molar-refractivity contribution in [3.05, 3.63) is 67.9 Å². The fraction of sp³-hybridized carbons (Fsp3) is 0.227. The van der Waals surface area contributed by atoms with Gasteiger partial charge >= 0.3 is 11.9 Å². The van der Waals surface area contributed by atoms with E-state index >= 15 is 0 Å². The Labute approximate surface area is 188 Å². The van der Waals surface area contributed by atoms with Gasteiger partial charge in [0, 0.05) is 23.6 Å². The van der Waals surface area contributed by atoms with Gasteiger partial charge in [0.1, 0.15) is 0 Å². The van der Waals surface area contributed by atoms with Crippen LogP contribution in [-0.2, 0) is 14.3 Å². The zero-order valence-electron chi connectivity index (χ0n) is 17.5. The zero-order valence-corrected chi connectivity index (χ0v) is 18.3. The van der Waals surface area contributed by atoms with Crippen molar-refractivity contribution in [2.75, 3.05) is 6.61 Å². The summed E-state index contributed by atoms with van der Waals surface area (Å²) in [4.78, 5) is 38.7. The van der Waals surface area contributed by atoms with Gasteiger partial charge in [-0.3, -0.25) is 14.9 Å². The molecule has 3 rings (SSSR count). The molecule has 1 aliphatic heterocycles. The SMILES string of the molecule is CCOc1cc(/C=C2\N=C(c3ccc([N+](=O)[O-])c(C)c3)OC2=O)cc(Cl)c1OC(=O)CC. The molecule has 0 radical (unpaired) electrons. The molecule has 1 aliphatic rings. The Morgan fingerprint density at radius 2 is 2.03 bits per heavy atom. The lowest BCUT2D eigenvalue weighted by molar-refractivity contribution is -0.385. The van der Waals surface area contributed by atoms with Crippen molar-refractivity contribution in [1.29, 1.82) is 0 Å². The Hall–Kier alpha value is -3.72. The van der Waals surface area contributed by atoms with Crippen LogP contribution in [0.5, 0.6) is 11.5 Å². The fourth-order valence-electron chi connectivity index (χ4n) is 2.90. The molecule has 0 N–H and O–H groups in total. The first-order chi connectivity index (χ1) is 15.2. The molecule has 10 heteroatoms. The van der Waals surface area contributed by atoms with Crippen LogP contribution in [0.1, 0.15) is 37.0 Å². The second-order valence-electron chi connectivity index (χ2n) is 6.69. The lowest BCUT2D eigenvalue weighted by Gasteiger charge is -2.13. The number of nitro groups is 1. The number of aliphatic imine (C=N–C) groups is 1. The Balaban J connectivity index is 1.96. The van der Waals surface area contributed by atoms with E-state index in [1.54, 1.807) is 26.8 Å². The summed E-state index contributed by atoms with van der Waals surface area (Å²) < 4.78 is 16.0. The summed E-state index contributed by atoms with van der Waals surface area (Å²) >= 11 is 6.28. The second kappa shape index (κ2) is 9.61. The maximum atomic E-state index is 12.3. The van der Waals surface area contributed by atoms with Crippen LogP contribution in [0, 0.1) is 17.0 Å². The van der Waals surface area contributed by atoms with Crippen LogP contribution in [0.4, 0.5) is 5.69 Å². The summed E-state index contributed by atoms with van der Waals surface area (Å²) in [7, 11) is 0. The van der Waals surface area contributed by atoms with Crippen LogP contribution in [0.25, 0.3) is 6.08 Å². The monoisotopic (exact) mass is 458 g/mol. The van der Waals surface area contributed by atoms with Crippen molar-refractivity contribution < 1.29 is 28.7 Å². The van der Waals surface area contributed by atoms with Crippen molar-refractivity contribution in [2.45, 2.75) is 27.2 Å². The minimum Gasteiger partial charge on any atom is -0.490 e. The molecule has 0 saturated carbocycles. The molecular weight excluding hydrogens is 440 g/mol. The number of ether oxygens (including phenoxy) is 3. The number of esters is 2. The number of nitrogens with zero attached hydrogens (tertiary/aromatic N) is 2. The number of carbonyl (C=O) groups is 2. The first kappa shape index (κ1) is 23.0. The predicted molar refractivity (Wildman–Crippen MR) is 117 cm³/mol. The van der Waals surface area contributed by atoms with Gasteiger partial charge in [0.25, 0.3) is 5.69 Å². The van der Waals surface area contributed by atoms with Crippen LogP contribution in [-0.4, -0.2) is 29.4 Å². The first-order valence-electron chi connectivity index (χ1n) is 9.68. The third-order valence-corrected chi connectivity index (χ3v) is 4.68.